The molecule has 1 aliphatic heterocycles. The summed E-state index contributed by atoms with van der Waals surface area (Å²) < 4.78 is 16.6. The molecule has 0 radical (unpaired) electrons. The van der Waals surface area contributed by atoms with Gasteiger partial charge >= 0.3 is 0 Å². The van der Waals surface area contributed by atoms with Gasteiger partial charge in [0.15, 0.2) is 0 Å². The van der Waals surface area contributed by atoms with Gasteiger partial charge in [-0.3, -0.25) is 9.59 Å². The smallest absolute Gasteiger partial charge is 0.257 e. The third-order valence-electron chi connectivity index (χ3n) is 7.01. The molecule has 4 aromatic rings. The van der Waals surface area contributed by atoms with Crippen LogP contribution in [0.3, 0.4) is 0 Å². The fourth-order valence-electron chi connectivity index (χ4n) is 4.79. The Labute approximate surface area is 232 Å². The van der Waals surface area contributed by atoms with E-state index in [1.54, 1.807) is 59.3 Å². The molecule has 0 aliphatic carbocycles. The summed E-state index contributed by atoms with van der Waals surface area (Å²) in [6.07, 6.45) is 4.84. The first-order valence-corrected chi connectivity index (χ1v) is 13.2. The van der Waals surface area contributed by atoms with Gasteiger partial charge < -0.3 is 30.5 Å². The highest BCUT2D eigenvalue weighted by atomic mass is 19.1. The normalized spacial score (nSPS) is 13.7. The number of aryl methyl sites for hydroxylation is 2. The number of hydrogen-bond donors (Lipinski definition) is 4. The molecule has 0 bridgehead atoms. The highest BCUT2D eigenvalue weighted by Crippen LogP contribution is 2.25. The number of aliphatic hydroxyl groups is 1. The third-order valence-corrected chi connectivity index (χ3v) is 7.01. The molecule has 1 saturated heterocycles. The molecule has 1 fully saturated rings. The van der Waals surface area contributed by atoms with Crippen LogP contribution in [0.2, 0.25) is 0 Å². The molecule has 1 aliphatic rings. The highest BCUT2D eigenvalue weighted by Gasteiger charge is 2.18. The van der Waals surface area contributed by atoms with Gasteiger partial charge in [0.25, 0.3) is 11.8 Å². The van der Waals surface area contributed by atoms with Crippen LogP contribution in [-0.2, 0) is 7.05 Å². The van der Waals surface area contributed by atoms with Crippen molar-refractivity contribution in [1.82, 2.24) is 4.57 Å². The van der Waals surface area contributed by atoms with Crippen molar-refractivity contribution in [3.8, 4) is 0 Å². The summed E-state index contributed by atoms with van der Waals surface area (Å²) in [6.45, 7) is 3.44. The average Bonchev–Trinajstić information content (AvgIpc) is 3.29. The molecular formula is C31H32FN5O3. The van der Waals surface area contributed by atoms with E-state index >= 15 is 0 Å². The molecule has 1 aromatic heterocycles. The Kier molecular flexibility index (Phi) is 7.84. The molecule has 2 heterocycles. The summed E-state index contributed by atoms with van der Waals surface area (Å²) in [5.41, 5.74) is 4.82. The maximum atomic E-state index is 14.8. The van der Waals surface area contributed by atoms with Gasteiger partial charge in [-0.1, -0.05) is 0 Å². The number of nitrogens with one attached hydrogen (secondary N) is 3. The predicted octanol–water partition coefficient (Wildman–Crippen LogP) is 5.68. The highest BCUT2D eigenvalue weighted by molar-refractivity contribution is 6.05. The third kappa shape index (κ3) is 6.32. The standard InChI is InChI=1S/C31H32FN5O3/c1-20-18-36(2)19-27(20)31(40)35-24-9-12-29(28(32)17-24)33-22-5-7-23(8-6-22)34-30(39)21-3-10-25(11-4-21)37-15-13-26(38)14-16-37/h3-12,17-19,26,33,38H,13-16H2,1-2H3,(H,34,39)(H,35,40). The Balaban J connectivity index is 1.16. The first kappa shape index (κ1) is 27.0. The molecule has 9 heteroatoms. The lowest BCUT2D eigenvalue weighted by molar-refractivity contribution is 0.101. The van der Waals surface area contributed by atoms with Crippen molar-refractivity contribution in [3.63, 3.8) is 0 Å². The number of aliphatic hydroxyl groups excluding tert-OH is 1. The van der Waals surface area contributed by atoms with Gasteiger partial charge in [-0.05, 0) is 92.1 Å². The Bertz CT molecular complexity index is 1510. The molecule has 4 N–H and O–H groups in total. The Hall–Kier alpha value is -4.63. The topological polar surface area (TPSA) is 98.6 Å². The van der Waals surface area contributed by atoms with Crippen LogP contribution in [0.15, 0.2) is 79.1 Å². The lowest BCUT2D eigenvalue weighted by atomic mass is 10.1. The number of carbonyl (C=O) groups excluding carboxylic acids is 2. The van der Waals surface area contributed by atoms with Crippen LogP contribution >= 0.6 is 0 Å². The molecular weight excluding hydrogens is 509 g/mol. The maximum absolute atomic E-state index is 14.8. The van der Waals surface area contributed by atoms with E-state index in [2.05, 4.69) is 20.9 Å². The fourth-order valence-corrected chi connectivity index (χ4v) is 4.79. The average molecular weight is 542 g/mol. The zero-order valence-corrected chi connectivity index (χ0v) is 22.4. The zero-order chi connectivity index (χ0) is 28.2. The van der Waals surface area contributed by atoms with E-state index in [1.165, 1.54) is 6.07 Å². The summed E-state index contributed by atoms with van der Waals surface area (Å²) in [4.78, 5) is 27.5. The van der Waals surface area contributed by atoms with E-state index in [-0.39, 0.29) is 23.6 Å². The van der Waals surface area contributed by atoms with Crippen molar-refractivity contribution >= 4 is 40.3 Å². The van der Waals surface area contributed by atoms with Crippen LogP contribution in [0.4, 0.5) is 32.8 Å². The summed E-state index contributed by atoms with van der Waals surface area (Å²) in [5, 5.41) is 18.3. The largest absolute Gasteiger partial charge is 0.393 e. The summed E-state index contributed by atoms with van der Waals surface area (Å²) in [6, 6.07) is 18.9. The SMILES string of the molecule is Cc1cn(C)cc1C(=O)Nc1ccc(Nc2ccc(NC(=O)c3ccc(N4CCC(O)CC4)cc3)cc2)c(F)c1. The summed E-state index contributed by atoms with van der Waals surface area (Å²) in [5.74, 6) is -1.03. The summed E-state index contributed by atoms with van der Waals surface area (Å²) in [7, 11) is 1.84. The molecule has 0 atom stereocenters. The second-order valence-corrected chi connectivity index (χ2v) is 10.1. The number of halogens is 1. The minimum absolute atomic E-state index is 0.226. The number of nitrogens with zero attached hydrogens (tertiary/aromatic N) is 2. The van der Waals surface area contributed by atoms with Crippen molar-refractivity contribution in [2.24, 2.45) is 7.05 Å². The first-order valence-electron chi connectivity index (χ1n) is 13.2. The zero-order valence-electron chi connectivity index (χ0n) is 22.4. The number of benzene rings is 3. The Morgan fingerprint density at radius 1 is 0.850 bits per heavy atom. The molecule has 0 unspecified atom stereocenters. The molecule has 8 nitrogen and oxygen atoms in total. The quantitative estimate of drug-likeness (QED) is 0.241. The van der Waals surface area contributed by atoms with Gasteiger partial charge in [0.05, 0.1) is 17.4 Å². The van der Waals surface area contributed by atoms with Crippen LogP contribution < -0.4 is 20.9 Å². The minimum Gasteiger partial charge on any atom is -0.393 e. The van der Waals surface area contributed by atoms with Gasteiger partial charge in [-0.25, -0.2) is 4.39 Å². The van der Waals surface area contributed by atoms with Crippen molar-refractivity contribution < 1.29 is 19.1 Å². The monoisotopic (exact) mass is 541 g/mol. The number of hydrogen-bond acceptors (Lipinski definition) is 5. The number of amides is 2. The van der Waals surface area contributed by atoms with E-state index in [0.29, 0.717) is 28.2 Å². The van der Waals surface area contributed by atoms with Crippen LogP contribution in [0.5, 0.6) is 0 Å². The van der Waals surface area contributed by atoms with Crippen LogP contribution in [0.25, 0.3) is 0 Å². The molecule has 206 valence electrons. The number of rotatable bonds is 7. The van der Waals surface area contributed by atoms with Crippen molar-refractivity contribution in [2.45, 2.75) is 25.9 Å². The van der Waals surface area contributed by atoms with Crippen LogP contribution in [0, 0.1) is 12.7 Å². The van der Waals surface area contributed by atoms with Crippen molar-refractivity contribution in [1.29, 1.82) is 0 Å². The lowest BCUT2D eigenvalue weighted by Crippen LogP contribution is -2.35. The van der Waals surface area contributed by atoms with Gasteiger partial charge in [0.2, 0.25) is 0 Å². The van der Waals surface area contributed by atoms with Gasteiger partial charge in [-0.2, -0.15) is 0 Å². The second-order valence-electron chi connectivity index (χ2n) is 10.1. The lowest BCUT2D eigenvalue weighted by Gasteiger charge is -2.31. The van der Waals surface area contributed by atoms with Crippen LogP contribution in [0.1, 0.15) is 39.1 Å². The number of carbonyl (C=O) groups is 2. The van der Waals surface area contributed by atoms with Gasteiger partial charge in [0, 0.05) is 60.8 Å². The Morgan fingerprint density at radius 3 is 2.10 bits per heavy atom. The number of aromatic nitrogens is 1. The van der Waals surface area contributed by atoms with Gasteiger partial charge in [-0.15, -0.1) is 0 Å². The van der Waals surface area contributed by atoms with E-state index < -0.39 is 5.82 Å². The molecule has 2 amide bonds. The van der Waals surface area contributed by atoms with E-state index in [9.17, 15) is 19.1 Å². The molecule has 0 spiro atoms. The van der Waals surface area contributed by atoms with Crippen LogP contribution in [-0.4, -0.2) is 40.7 Å². The Morgan fingerprint density at radius 2 is 1.48 bits per heavy atom. The van der Waals surface area contributed by atoms with E-state index in [1.807, 2.05) is 32.3 Å². The molecule has 0 saturated carbocycles. The van der Waals surface area contributed by atoms with E-state index in [4.69, 9.17) is 0 Å². The number of anilines is 5. The van der Waals surface area contributed by atoms with E-state index in [0.717, 1.165) is 37.2 Å². The van der Waals surface area contributed by atoms with Crippen molar-refractivity contribution in [3.05, 3.63) is 102 Å². The molecule has 5 rings (SSSR count). The van der Waals surface area contributed by atoms with Crippen molar-refractivity contribution in [2.75, 3.05) is 33.9 Å². The first-order chi connectivity index (χ1) is 19.2. The minimum atomic E-state index is -0.510. The number of piperidine rings is 1. The molecule has 40 heavy (non-hydrogen) atoms. The fraction of sp³-hybridized carbons (Fsp3) is 0.226. The van der Waals surface area contributed by atoms with Gasteiger partial charge in [0.1, 0.15) is 5.82 Å². The predicted molar refractivity (Wildman–Crippen MR) is 156 cm³/mol. The maximum Gasteiger partial charge on any atom is 0.257 e. The molecule has 3 aromatic carbocycles. The summed E-state index contributed by atoms with van der Waals surface area (Å²) >= 11 is 0. The second kappa shape index (κ2) is 11.6.